The number of hydrogen-bond acceptors (Lipinski definition) is 1. The van der Waals surface area contributed by atoms with Crippen LogP contribution in [0.15, 0.2) is 65.7 Å². The fraction of sp³-hybridized carbons (Fsp3) is 0.150. The lowest BCUT2D eigenvalue weighted by molar-refractivity contribution is 0.151. The van der Waals surface area contributed by atoms with Gasteiger partial charge in [-0.05, 0) is 17.7 Å². The third-order valence-corrected chi connectivity index (χ3v) is 3.92. The van der Waals surface area contributed by atoms with E-state index in [9.17, 15) is 8.78 Å². The molecule has 0 unspecified atom stereocenters. The lowest BCUT2D eigenvalue weighted by Crippen LogP contribution is -1.94. The Kier molecular flexibility index (Phi) is 6.48. The van der Waals surface area contributed by atoms with Crippen molar-refractivity contribution in [1.29, 1.82) is 0 Å². The number of aromatic nitrogens is 1. The first-order valence-corrected chi connectivity index (χ1v) is 7.74. The van der Waals surface area contributed by atoms with Gasteiger partial charge in [-0.3, -0.25) is 4.99 Å². The number of rotatable bonds is 5. The first-order chi connectivity index (χ1) is 11.6. The smallest absolute Gasteiger partial charge is 0.263 e. The number of benzene rings is 2. The minimum atomic E-state index is -2.42. The molecule has 3 aromatic rings. The maximum atomic E-state index is 12.5. The molecule has 0 saturated carbocycles. The Morgan fingerprint density at radius 3 is 2.48 bits per heavy atom. The number of nitrogens with zero attached hydrogens (tertiary/aromatic N) is 2. The van der Waals surface area contributed by atoms with Crippen molar-refractivity contribution in [2.75, 3.05) is 6.54 Å². The highest BCUT2D eigenvalue weighted by molar-refractivity contribution is 5.90. The van der Waals surface area contributed by atoms with Crippen LogP contribution in [0.3, 0.4) is 0 Å². The second-order valence-corrected chi connectivity index (χ2v) is 5.55. The summed E-state index contributed by atoms with van der Waals surface area (Å²) in [5.74, 6) is 0. The van der Waals surface area contributed by atoms with Gasteiger partial charge in [-0.15, -0.1) is 12.4 Å². The standard InChI is InChI=1S/C20H18F2N2.ClH/c1-24-18(13-17-6-2-3-7-19(17)24)14-23-12-4-5-15-8-10-16(11-9-15)20(21)22;/h2-11,13-14,20H,12H2,1H3;1H/b5-4+,23-14?;. The van der Waals surface area contributed by atoms with Crippen LogP contribution in [-0.4, -0.2) is 17.3 Å². The van der Waals surface area contributed by atoms with Crippen molar-refractivity contribution in [3.05, 3.63) is 77.5 Å². The molecule has 5 heteroatoms. The van der Waals surface area contributed by atoms with Gasteiger partial charge in [0.05, 0.1) is 12.2 Å². The summed E-state index contributed by atoms with van der Waals surface area (Å²) in [7, 11) is 2.02. The van der Waals surface area contributed by atoms with Gasteiger partial charge >= 0.3 is 0 Å². The SMILES string of the molecule is Cl.Cn1c(C=NC/C=C/c2ccc(C(F)F)cc2)cc2ccccc21. The van der Waals surface area contributed by atoms with Crippen molar-refractivity contribution in [3.63, 3.8) is 0 Å². The number of aryl methyl sites for hydroxylation is 1. The summed E-state index contributed by atoms with van der Waals surface area (Å²) >= 11 is 0. The minimum absolute atomic E-state index is 0. The summed E-state index contributed by atoms with van der Waals surface area (Å²) in [5.41, 5.74) is 3.15. The number of aliphatic imine (C=N–C) groups is 1. The molecule has 1 aromatic heterocycles. The van der Waals surface area contributed by atoms with Crippen molar-refractivity contribution < 1.29 is 8.78 Å². The summed E-state index contributed by atoms with van der Waals surface area (Å²) in [6, 6.07) is 16.6. The molecule has 2 aromatic carbocycles. The van der Waals surface area contributed by atoms with Crippen molar-refractivity contribution in [2.45, 2.75) is 6.43 Å². The monoisotopic (exact) mass is 360 g/mol. The molecule has 25 heavy (non-hydrogen) atoms. The van der Waals surface area contributed by atoms with E-state index in [1.165, 1.54) is 23.0 Å². The van der Waals surface area contributed by atoms with Gasteiger partial charge in [0.1, 0.15) is 0 Å². The van der Waals surface area contributed by atoms with E-state index in [1.807, 2.05) is 37.5 Å². The number of halogens is 3. The lowest BCUT2D eigenvalue weighted by Gasteiger charge is -1.99. The molecule has 0 spiro atoms. The molecule has 0 atom stereocenters. The molecule has 0 N–H and O–H groups in total. The van der Waals surface area contributed by atoms with E-state index in [0.29, 0.717) is 6.54 Å². The molecule has 0 fully saturated rings. The summed E-state index contributed by atoms with van der Waals surface area (Å²) < 4.78 is 27.1. The number of para-hydroxylation sites is 1. The zero-order valence-electron chi connectivity index (χ0n) is 13.8. The van der Waals surface area contributed by atoms with Crippen LogP contribution in [0, 0.1) is 0 Å². The Bertz CT molecular complexity index is 880. The molecule has 3 rings (SSSR count). The Morgan fingerprint density at radius 1 is 1.08 bits per heavy atom. The van der Waals surface area contributed by atoms with Gasteiger partial charge in [0.25, 0.3) is 6.43 Å². The predicted octanol–water partition coefficient (Wildman–Crippen LogP) is 5.67. The van der Waals surface area contributed by atoms with Crippen LogP contribution >= 0.6 is 12.4 Å². The molecule has 1 heterocycles. The molecule has 0 aliphatic heterocycles. The van der Waals surface area contributed by atoms with Crippen molar-refractivity contribution >= 4 is 35.6 Å². The average molecular weight is 361 g/mol. The topological polar surface area (TPSA) is 17.3 Å². The van der Waals surface area contributed by atoms with Crippen LogP contribution in [0.5, 0.6) is 0 Å². The maximum Gasteiger partial charge on any atom is 0.263 e. The Morgan fingerprint density at radius 2 is 1.80 bits per heavy atom. The van der Waals surface area contributed by atoms with Crippen LogP contribution < -0.4 is 0 Å². The van der Waals surface area contributed by atoms with E-state index in [4.69, 9.17) is 0 Å². The van der Waals surface area contributed by atoms with Gasteiger partial charge in [-0.1, -0.05) is 54.6 Å². The highest BCUT2D eigenvalue weighted by Crippen LogP contribution is 2.19. The molecule has 2 nitrogen and oxygen atoms in total. The third-order valence-electron chi connectivity index (χ3n) is 3.92. The Hall–Kier alpha value is -2.46. The molecule has 0 radical (unpaired) electrons. The number of hydrogen-bond donors (Lipinski definition) is 0. The summed E-state index contributed by atoms with van der Waals surface area (Å²) in [6.07, 6.45) is 3.22. The highest BCUT2D eigenvalue weighted by atomic mass is 35.5. The third kappa shape index (κ3) is 4.54. The molecule has 0 saturated heterocycles. The van der Waals surface area contributed by atoms with Gasteiger partial charge in [0.15, 0.2) is 0 Å². The zero-order valence-corrected chi connectivity index (χ0v) is 14.6. The van der Waals surface area contributed by atoms with E-state index >= 15 is 0 Å². The van der Waals surface area contributed by atoms with Crippen LogP contribution in [0.4, 0.5) is 8.78 Å². The second-order valence-electron chi connectivity index (χ2n) is 5.55. The van der Waals surface area contributed by atoms with E-state index in [2.05, 4.69) is 27.8 Å². The van der Waals surface area contributed by atoms with Crippen LogP contribution in [0.25, 0.3) is 17.0 Å². The molecular weight excluding hydrogens is 342 g/mol. The van der Waals surface area contributed by atoms with Gasteiger partial charge in [0.2, 0.25) is 0 Å². The summed E-state index contributed by atoms with van der Waals surface area (Å²) in [5, 5.41) is 1.19. The fourth-order valence-electron chi connectivity index (χ4n) is 2.58. The van der Waals surface area contributed by atoms with Gasteiger partial charge in [-0.25, -0.2) is 8.78 Å². The van der Waals surface area contributed by atoms with Crippen LogP contribution in [-0.2, 0) is 7.05 Å². The van der Waals surface area contributed by atoms with Crippen LogP contribution in [0.1, 0.15) is 23.2 Å². The van der Waals surface area contributed by atoms with Crippen LogP contribution in [0.2, 0.25) is 0 Å². The quantitative estimate of drug-likeness (QED) is 0.521. The number of fused-ring (bicyclic) bond motifs is 1. The summed E-state index contributed by atoms with van der Waals surface area (Å²) in [4.78, 5) is 4.41. The first-order valence-electron chi connectivity index (χ1n) is 7.74. The molecule has 130 valence electrons. The predicted molar refractivity (Wildman–Crippen MR) is 103 cm³/mol. The van der Waals surface area contributed by atoms with E-state index in [1.54, 1.807) is 12.1 Å². The lowest BCUT2D eigenvalue weighted by atomic mass is 10.1. The molecule has 0 amide bonds. The average Bonchev–Trinajstić information content (AvgIpc) is 2.91. The Labute approximate surface area is 151 Å². The molecule has 0 aliphatic rings. The minimum Gasteiger partial charge on any atom is -0.343 e. The second kappa shape index (κ2) is 8.58. The van der Waals surface area contributed by atoms with E-state index in [-0.39, 0.29) is 18.0 Å². The van der Waals surface area contributed by atoms with E-state index < -0.39 is 6.43 Å². The number of alkyl halides is 2. The van der Waals surface area contributed by atoms with E-state index in [0.717, 1.165) is 11.3 Å². The van der Waals surface area contributed by atoms with Crippen molar-refractivity contribution in [2.24, 2.45) is 12.0 Å². The van der Waals surface area contributed by atoms with Crippen molar-refractivity contribution in [3.8, 4) is 0 Å². The fourth-order valence-corrected chi connectivity index (χ4v) is 2.58. The molecule has 0 bridgehead atoms. The van der Waals surface area contributed by atoms with Gasteiger partial charge in [0, 0.05) is 29.7 Å². The normalized spacial score (nSPS) is 11.7. The van der Waals surface area contributed by atoms with Crippen molar-refractivity contribution in [1.82, 2.24) is 4.57 Å². The first kappa shape index (κ1) is 18.9. The Balaban J connectivity index is 0.00000225. The molecular formula is C20H19ClF2N2. The van der Waals surface area contributed by atoms with Gasteiger partial charge in [-0.2, -0.15) is 0 Å². The van der Waals surface area contributed by atoms with Gasteiger partial charge < -0.3 is 4.57 Å². The highest BCUT2D eigenvalue weighted by Gasteiger charge is 2.04. The molecule has 0 aliphatic carbocycles. The maximum absolute atomic E-state index is 12.5. The zero-order chi connectivity index (χ0) is 16.9. The summed E-state index contributed by atoms with van der Waals surface area (Å²) in [6.45, 7) is 0.540. The largest absolute Gasteiger partial charge is 0.343 e.